The van der Waals surface area contributed by atoms with E-state index in [1.54, 1.807) is 6.26 Å². The molecule has 0 amide bonds. The van der Waals surface area contributed by atoms with Crippen molar-refractivity contribution in [3.05, 3.63) is 23.7 Å². The van der Waals surface area contributed by atoms with E-state index in [9.17, 15) is 0 Å². The summed E-state index contributed by atoms with van der Waals surface area (Å²) >= 11 is 0. The third-order valence-corrected chi connectivity index (χ3v) is 3.99. The molecule has 106 valence electrons. The Morgan fingerprint density at radius 3 is 2.95 bits per heavy atom. The van der Waals surface area contributed by atoms with E-state index in [2.05, 4.69) is 17.3 Å². The Morgan fingerprint density at radius 2 is 2.21 bits per heavy atom. The van der Waals surface area contributed by atoms with Crippen molar-refractivity contribution in [1.29, 1.82) is 0 Å². The second-order valence-electron chi connectivity index (χ2n) is 5.79. The lowest BCUT2D eigenvalue weighted by Crippen LogP contribution is -2.25. The van der Waals surface area contributed by atoms with Crippen molar-refractivity contribution in [2.45, 2.75) is 50.9 Å². The summed E-state index contributed by atoms with van der Waals surface area (Å²) in [5.74, 6) is 0.974. The third-order valence-electron chi connectivity index (χ3n) is 3.99. The molecule has 0 aromatic carbocycles. The van der Waals surface area contributed by atoms with Gasteiger partial charge in [0.05, 0.1) is 12.9 Å². The van der Waals surface area contributed by atoms with E-state index >= 15 is 0 Å². The quantitative estimate of drug-likeness (QED) is 0.693. The van der Waals surface area contributed by atoms with Gasteiger partial charge in [-0.1, -0.05) is 0 Å². The summed E-state index contributed by atoms with van der Waals surface area (Å²) in [6, 6.07) is 3.59. The first-order valence-corrected chi connectivity index (χ1v) is 7.39. The van der Waals surface area contributed by atoms with Crippen LogP contribution in [-0.2, 0) is 17.9 Å². The van der Waals surface area contributed by atoms with Crippen LogP contribution in [0.3, 0.4) is 0 Å². The first-order chi connectivity index (χ1) is 9.33. The van der Waals surface area contributed by atoms with E-state index in [4.69, 9.17) is 9.15 Å². The van der Waals surface area contributed by atoms with Gasteiger partial charge in [-0.2, -0.15) is 0 Å². The second kappa shape index (κ2) is 6.07. The van der Waals surface area contributed by atoms with Gasteiger partial charge in [-0.3, -0.25) is 0 Å². The number of rotatable bonds is 9. The largest absolute Gasteiger partial charge is 0.467 e. The van der Waals surface area contributed by atoms with Crippen molar-refractivity contribution in [3.8, 4) is 0 Å². The molecule has 0 atom stereocenters. The molecule has 0 unspecified atom stereocenters. The number of furan rings is 1. The standard InChI is InChI=1S/C15H24N2O2/c1-17(14-4-5-14)7-9-18-11-15-12(6-8-19-15)10-16-13-2-3-13/h6,8,13-14,16H,2-5,7,9-11H2,1H3. The normalized spacial score (nSPS) is 19.3. The predicted octanol–water partition coefficient (Wildman–Crippen LogP) is 2.14. The number of likely N-dealkylation sites (N-methyl/N-ethyl adjacent to an activating group) is 1. The number of hydrogen-bond acceptors (Lipinski definition) is 4. The zero-order chi connectivity index (χ0) is 13.1. The molecule has 2 aliphatic carbocycles. The van der Waals surface area contributed by atoms with E-state index in [-0.39, 0.29) is 0 Å². The fourth-order valence-corrected chi connectivity index (χ4v) is 2.26. The molecule has 1 heterocycles. The maximum absolute atomic E-state index is 5.73. The maximum Gasteiger partial charge on any atom is 0.133 e. The van der Waals surface area contributed by atoms with E-state index in [1.165, 1.54) is 31.2 Å². The number of hydrogen-bond donors (Lipinski definition) is 1. The molecule has 0 spiro atoms. The highest BCUT2D eigenvalue weighted by Gasteiger charge is 2.25. The number of nitrogens with one attached hydrogen (secondary N) is 1. The highest BCUT2D eigenvalue weighted by Crippen LogP contribution is 2.25. The van der Waals surface area contributed by atoms with Gasteiger partial charge in [-0.25, -0.2) is 0 Å². The summed E-state index contributed by atoms with van der Waals surface area (Å²) in [5.41, 5.74) is 1.24. The molecule has 0 aliphatic heterocycles. The number of nitrogens with zero attached hydrogens (tertiary/aromatic N) is 1. The first kappa shape index (κ1) is 13.2. The Hall–Kier alpha value is -0.840. The minimum atomic E-state index is 0.590. The molecule has 2 fully saturated rings. The highest BCUT2D eigenvalue weighted by atomic mass is 16.5. The molecule has 3 rings (SSSR count). The monoisotopic (exact) mass is 264 g/mol. The van der Waals surface area contributed by atoms with Gasteiger partial charge in [0.15, 0.2) is 0 Å². The molecule has 4 heteroatoms. The fraction of sp³-hybridized carbons (Fsp3) is 0.733. The van der Waals surface area contributed by atoms with Crippen LogP contribution in [0.1, 0.15) is 37.0 Å². The van der Waals surface area contributed by atoms with E-state index in [0.717, 1.165) is 37.5 Å². The van der Waals surface area contributed by atoms with Crippen LogP contribution in [0, 0.1) is 0 Å². The van der Waals surface area contributed by atoms with Gasteiger partial charge < -0.3 is 19.4 Å². The number of ether oxygens (including phenoxy) is 1. The molecule has 2 aliphatic rings. The molecule has 1 aromatic rings. The molecular weight excluding hydrogens is 240 g/mol. The van der Waals surface area contributed by atoms with Gasteiger partial charge in [0.25, 0.3) is 0 Å². The van der Waals surface area contributed by atoms with Gasteiger partial charge in [0.1, 0.15) is 12.4 Å². The zero-order valence-corrected chi connectivity index (χ0v) is 11.7. The van der Waals surface area contributed by atoms with Crippen molar-refractivity contribution in [2.75, 3.05) is 20.2 Å². The summed E-state index contributed by atoms with van der Waals surface area (Å²) in [6.07, 6.45) is 7.10. The van der Waals surface area contributed by atoms with Crippen LogP contribution < -0.4 is 5.32 Å². The van der Waals surface area contributed by atoms with E-state index in [0.29, 0.717) is 6.61 Å². The molecule has 1 N–H and O–H groups in total. The molecule has 19 heavy (non-hydrogen) atoms. The van der Waals surface area contributed by atoms with Gasteiger partial charge in [-0.05, 0) is 38.8 Å². The van der Waals surface area contributed by atoms with Crippen molar-refractivity contribution < 1.29 is 9.15 Å². The molecule has 1 aromatic heterocycles. The van der Waals surface area contributed by atoms with E-state index < -0.39 is 0 Å². The first-order valence-electron chi connectivity index (χ1n) is 7.39. The summed E-state index contributed by atoms with van der Waals surface area (Å²) in [5, 5.41) is 3.51. The van der Waals surface area contributed by atoms with E-state index in [1.807, 2.05) is 6.07 Å². The van der Waals surface area contributed by atoms with Crippen LogP contribution in [0.4, 0.5) is 0 Å². The topological polar surface area (TPSA) is 37.6 Å². The average molecular weight is 264 g/mol. The molecule has 0 radical (unpaired) electrons. The Bertz CT molecular complexity index is 397. The van der Waals surface area contributed by atoms with Crippen molar-refractivity contribution in [3.63, 3.8) is 0 Å². The second-order valence-corrected chi connectivity index (χ2v) is 5.79. The van der Waals surface area contributed by atoms with Crippen LogP contribution in [-0.4, -0.2) is 37.2 Å². The van der Waals surface area contributed by atoms with Gasteiger partial charge >= 0.3 is 0 Å². The van der Waals surface area contributed by atoms with Crippen LogP contribution in [0.25, 0.3) is 0 Å². The van der Waals surface area contributed by atoms with Gasteiger partial charge in [0, 0.05) is 30.7 Å². The SMILES string of the molecule is CN(CCOCc1occc1CNC1CC1)C1CC1. The zero-order valence-electron chi connectivity index (χ0n) is 11.7. The van der Waals surface area contributed by atoms with Crippen molar-refractivity contribution in [1.82, 2.24) is 10.2 Å². The predicted molar refractivity (Wildman–Crippen MR) is 73.9 cm³/mol. The van der Waals surface area contributed by atoms with Crippen LogP contribution in [0.2, 0.25) is 0 Å². The minimum absolute atomic E-state index is 0.590. The fourth-order valence-electron chi connectivity index (χ4n) is 2.26. The molecule has 0 bridgehead atoms. The third kappa shape index (κ3) is 4.06. The Kier molecular flexibility index (Phi) is 4.21. The highest BCUT2D eigenvalue weighted by molar-refractivity contribution is 5.16. The lowest BCUT2D eigenvalue weighted by molar-refractivity contribution is 0.0856. The molecule has 0 saturated heterocycles. The molecule has 4 nitrogen and oxygen atoms in total. The van der Waals surface area contributed by atoms with Crippen LogP contribution in [0.15, 0.2) is 16.7 Å². The van der Waals surface area contributed by atoms with Gasteiger partial charge in [0.2, 0.25) is 0 Å². The molecule has 2 saturated carbocycles. The summed E-state index contributed by atoms with van der Waals surface area (Å²) in [7, 11) is 2.18. The Morgan fingerprint density at radius 1 is 1.37 bits per heavy atom. The lowest BCUT2D eigenvalue weighted by atomic mass is 10.2. The van der Waals surface area contributed by atoms with Crippen LogP contribution in [0.5, 0.6) is 0 Å². The summed E-state index contributed by atoms with van der Waals surface area (Å²) in [4.78, 5) is 2.39. The summed E-state index contributed by atoms with van der Waals surface area (Å²) < 4.78 is 11.2. The Balaban J connectivity index is 1.35. The Labute approximate surface area is 115 Å². The lowest BCUT2D eigenvalue weighted by Gasteiger charge is -2.15. The minimum Gasteiger partial charge on any atom is -0.467 e. The van der Waals surface area contributed by atoms with Crippen molar-refractivity contribution >= 4 is 0 Å². The smallest absolute Gasteiger partial charge is 0.133 e. The summed E-state index contributed by atoms with van der Waals surface area (Å²) in [6.45, 7) is 3.29. The average Bonchev–Trinajstić information content (AvgIpc) is 3.31. The maximum atomic E-state index is 5.73. The van der Waals surface area contributed by atoms with Crippen LogP contribution >= 0.6 is 0 Å². The van der Waals surface area contributed by atoms with Crippen molar-refractivity contribution in [2.24, 2.45) is 0 Å². The van der Waals surface area contributed by atoms with Gasteiger partial charge in [-0.15, -0.1) is 0 Å². The molecular formula is C15H24N2O2.